The molecule has 0 atom stereocenters. The molecule has 0 aromatic heterocycles. The van der Waals surface area contributed by atoms with Crippen LogP contribution in [0.3, 0.4) is 0 Å². The van der Waals surface area contributed by atoms with Crippen LogP contribution in [0.25, 0.3) is 0 Å². The van der Waals surface area contributed by atoms with Crippen LogP contribution in [0.5, 0.6) is 0 Å². The van der Waals surface area contributed by atoms with Crippen molar-refractivity contribution in [2.24, 2.45) is 0 Å². The van der Waals surface area contributed by atoms with E-state index in [1.807, 2.05) is 6.92 Å². The van der Waals surface area contributed by atoms with Crippen molar-refractivity contribution in [3.05, 3.63) is 0 Å². The van der Waals surface area contributed by atoms with E-state index < -0.39 is 0 Å². The molecule has 2 heteroatoms. The van der Waals surface area contributed by atoms with E-state index in [1.165, 1.54) is 0 Å². The van der Waals surface area contributed by atoms with E-state index in [0.717, 1.165) is 11.8 Å². The van der Waals surface area contributed by atoms with E-state index in [1.54, 1.807) is 0 Å². The maximum Gasteiger partial charge on any atom is 2.00 e. The summed E-state index contributed by atoms with van der Waals surface area (Å²) in [5.41, 5.74) is 0. The molecule has 0 N–H and O–H groups in total. The molecule has 38 valence electrons. The third-order valence-electron chi connectivity index (χ3n) is 0.396. The Hall–Kier alpha value is 0.806. The van der Waals surface area contributed by atoms with Crippen molar-refractivity contribution in [2.45, 2.75) is 13.3 Å². The Balaban J connectivity index is -0.0000000417. The molecule has 0 unspecified atom stereocenters. The van der Waals surface area contributed by atoms with Gasteiger partial charge in [0.25, 0.3) is 0 Å². The molecule has 0 saturated carbocycles. The third kappa shape index (κ3) is 10.9. The summed E-state index contributed by atoms with van der Waals surface area (Å²) in [4.78, 5) is 0. The van der Waals surface area contributed by atoms with Gasteiger partial charge >= 0.3 is 23.1 Å². The van der Waals surface area contributed by atoms with Crippen LogP contribution >= 0.6 is 15.9 Å². The first-order valence-corrected chi connectivity index (χ1v) is 2.99. The van der Waals surface area contributed by atoms with Crippen LogP contribution in [0.4, 0.5) is 0 Å². The summed E-state index contributed by atoms with van der Waals surface area (Å²) >= 11 is 3.25. The molecule has 0 nitrogen and oxygen atoms in total. The van der Waals surface area contributed by atoms with Gasteiger partial charge in [-0.15, -0.1) is 11.8 Å². The smallest absolute Gasteiger partial charge is 1.00 e. The Kier molecular flexibility index (Phi) is 15.2. The van der Waals surface area contributed by atoms with Gasteiger partial charge in [0, 0.05) is 11.8 Å². The summed E-state index contributed by atoms with van der Waals surface area (Å²) in [6.45, 7) is 1.85. The topological polar surface area (TPSA) is 0 Å². The zero-order valence-electron chi connectivity index (χ0n) is 6.50. The van der Waals surface area contributed by atoms with Crippen molar-refractivity contribution in [1.29, 1.82) is 0 Å². The fraction of sp³-hybridized carbons (Fsp3) is 0.600. The van der Waals surface area contributed by atoms with Gasteiger partial charge in [0.2, 0.25) is 0 Å². The van der Waals surface area contributed by atoms with Crippen LogP contribution in [0.2, 0.25) is 0 Å². The van der Waals surface area contributed by atoms with Gasteiger partial charge in [0.05, 0.1) is 0 Å². The van der Waals surface area contributed by atoms with Gasteiger partial charge in [-0.1, -0.05) is 15.9 Å². The largest absolute Gasteiger partial charge is 2.00 e. The van der Waals surface area contributed by atoms with Crippen molar-refractivity contribution in [1.82, 2.24) is 0 Å². The van der Waals surface area contributed by atoms with Crippen molar-refractivity contribution < 1.29 is 2.85 Å². The minimum atomic E-state index is 0. The Labute approximate surface area is 72.3 Å². The molecule has 0 aliphatic heterocycles. The average molecular weight is 173 g/mol. The van der Waals surface area contributed by atoms with Crippen LogP contribution in [0, 0.1) is 11.8 Å². The molecular formula is C5H9BrMg. The predicted molar refractivity (Wildman–Crippen MR) is 39.8 cm³/mol. The number of halogens is 1. The SMILES string of the molecule is CC#CCCBr.[H-].[H-].[Mg+2]. The summed E-state index contributed by atoms with van der Waals surface area (Å²) in [6.07, 6.45) is 0.969. The molecule has 0 bridgehead atoms. The fourth-order valence-corrected chi connectivity index (χ4v) is 0.370. The first-order chi connectivity index (χ1) is 2.91. The van der Waals surface area contributed by atoms with Gasteiger partial charge in [-0.2, -0.15) is 0 Å². The van der Waals surface area contributed by atoms with Crippen molar-refractivity contribution in [2.75, 3.05) is 5.33 Å². The Morgan fingerprint density at radius 2 is 2.29 bits per heavy atom. The molecule has 0 aliphatic rings. The number of hydrogen-bond donors (Lipinski definition) is 0. The minimum absolute atomic E-state index is 0. The molecule has 0 rings (SSSR count). The molecule has 0 aromatic rings. The number of hydrogen-bond acceptors (Lipinski definition) is 0. The second-order valence-corrected chi connectivity index (χ2v) is 1.66. The minimum Gasteiger partial charge on any atom is -1.00 e. The second kappa shape index (κ2) is 9.93. The monoisotopic (exact) mass is 172 g/mol. The summed E-state index contributed by atoms with van der Waals surface area (Å²) in [6, 6.07) is 0. The normalized spacial score (nSPS) is 5.43. The third-order valence-corrected chi connectivity index (χ3v) is 0.793. The van der Waals surface area contributed by atoms with Crippen LogP contribution in [0.1, 0.15) is 16.2 Å². The van der Waals surface area contributed by atoms with Gasteiger partial charge in [-0.25, -0.2) is 0 Å². The van der Waals surface area contributed by atoms with E-state index in [-0.39, 0.29) is 25.9 Å². The summed E-state index contributed by atoms with van der Waals surface area (Å²) in [5, 5.41) is 0.994. The van der Waals surface area contributed by atoms with Gasteiger partial charge < -0.3 is 2.85 Å². The summed E-state index contributed by atoms with van der Waals surface area (Å²) in [7, 11) is 0. The van der Waals surface area contributed by atoms with Gasteiger partial charge in [-0.05, 0) is 6.92 Å². The van der Waals surface area contributed by atoms with Gasteiger partial charge in [-0.3, -0.25) is 0 Å². The van der Waals surface area contributed by atoms with Crippen molar-refractivity contribution >= 4 is 39.0 Å². The molecular weight excluding hydrogens is 164 g/mol. The van der Waals surface area contributed by atoms with E-state index in [9.17, 15) is 0 Å². The first kappa shape index (κ1) is 10.7. The zero-order valence-corrected chi connectivity index (χ0v) is 7.50. The standard InChI is InChI=1S/C5H7Br.Mg.2H/c1-2-3-4-5-6;;;/h4-5H2,1H3;;;/q;+2;2*-1. The average Bonchev–Trinajstić information content (AvgIpc) is 1.61. The molecule has 0 amide bonds. The molecule has 0 aliphatic carbocycles. The summed E-state index contributed by atoms with van der Waals surface area (Å²) in [5.74, 6) is 5.69. The zero-order chi connectivity index (χ0) is 4.83. The molecule has 7 heavy (non-hydrogen) atoms. The van der Waals surface area contributed by atoms with Crippen LogP contribution < -0.4 is 0 Å². The van der Waals surface area contributed by atoms with Crippen LogP contribution in [-0.4, -0.2) is 28.4 Å². The molecule has 0 saturated heterocycles. The molecule has 0 heterocycles. The van der Waals surface area contributed by atoms with Crippen LogP contribution in [0.15, 0.2) is 0 Å². The Bertz CT molecular complexity index is 76.8. The number of rotatable bonds is 1. The quantitative estimate of drug-likeness (QED) is 0.321. The maximum atomic E-state index is 3.25. The van der Waals surface area contributed by atoms with Gasteiger partial charge in [0.15, 0.2) is 0 Å². The van der Waals surface area contributed by atoms with Gasteiger partial charge in [0.1, 0.15) is 0 Å². The van der Waals surface area contributed by atoms with Crippen molar-refractivity contribution in [3.8, 4) is 11.8 Å². The summed E-state index contributed by atoms with van der Waals surface area (Å²) < 4.78 is 0. The number of alkyl halides is 1. The van der Waals surface area contributed by atoms with E-state index in [4.69, 9.17) is 0 Å². The molecule has 0 aromatic carbocycles. The first-order valence-electron chi connectivity index (χ1n) is 1.87. The van der Waals surface area contributed by atoms with E-state index in [2.05, 4.69) is 27.8 Å². The molecule has 0 fully saturated rings. The molecule has 0 spiro atoms. The Morgan fingerprint density at radius 3 is 2.43 bits per heavy atom. The predicted octanol–water partition coefficient (Wildman–Crippen LogP) is 1.64. The van der Waals surface area contributed by atoms with E-state index >= 15 is 0 Å². The molecule has 0 radical (unpaired) electrons. The maximum absolute atomic E-state index is 3.25. The van der Waals surface area contributed by atoms with Crippen LogP contribution in [-0.2, 0) is 0 Å². The second-order valence-electron chi connectivity index (χ2n) is 0.866. The van der Waals surface area contributed by atoms with Crippen molar-refractivity contribution in [3.63, 3.8) is 0 Å². The fourth-order valence-electron chi connectivity index (χ4n) is 0.172. The Morgan fingerprint density at radius 1 is 1.71 bits per heavy atom. The van der Waals surface area contributed by atoms with E-state index in [0.29, 0.717) is 0 Å².